The Labute approximate surface area is 193 Å². The van der Waals surface area contributed by atoms with Crippen LogP contribution in [-0.4, -0.2) is 25.8 Å². The van der Waals surface area contributed by atoms with Gasteiger partial charge in [0.2, 0.25) is 5.91 Å². The quantitative estimate of drug-likeness (QED) is 0.335. The summed E-state index contributed by atoms with van der Waals surface area (Å²) in [5.74, 6) is 0.0202. The Morgan fingerprint density at radius 1 is 1.16 bits per heavy atom. The summed E-state index contributed by atoms with van der Waals surface area (Å²) in [6.45, 7) is 1.35. The highest BCUT2D eigenvalue weighted by atomic mass is 35.5. The largest absolute Gasteiger partial charge is 0.432 e. The summed E-state index contributed by atoms with van der Waals surface area (Å²) in [5, 5.41) is 3.74. The summed E-state index contributed by atoms with van der Waals surface area (Å²) in [7, 11) is 0. The zero-order valence-corrected chi connectivity index (χ0v) is 18.4. The lowest BCUT2D eigenvalue weighted by molar-refractivity contribution is -0.140. The Bertz CT molecular complexity index is 1320. The molecule has 0 aliphatic carbocycles. The van der Waals surface area contributed by atoms with Crippen LogP contribution < -0.4 is 5.32 Å². The third kappa shape index (κ3) is 4.62. The van der Waals surface area contributed by atoms with Crippen molar-refractivity contribution in [3.8, 4) is 32.5 Å². The summed E-state index contributed by atoms with van der Waals surface area (Å²) in [6.07, 6.45) is -2.36. The minimum absolute atomic E-state index is 0.00164. The Hall–Kier alpha value is -2.95. The number of nitrogens with zero attached hydrogens (tertiary/aromatic N) is 3. The first kappa shape index (κ1) is 22.3. The van der Waals surface area contributed by atoms with Gasteiger partial charge in [-0.25, -0.2) is 15.0 Å². The van der Waals surface area contributed by atoms with Gasteiger partial charge in [-0.2, -0.15) is 13.2 Å². The monoisotopic (exact) mass is 497 g/mol. The molecule has 4 aromatic rings. The molecule has 12 heteroatoms. The van der Waals surface area contributed by atoms with Crippen molar-refractivity contribution in [1.82, 2.24) is 19.9 Å². The molecule has 0 saturated carbocycles. The molecule has 0 fully saturated rings. The highest BCUT2D eigenvalue weighted by molar-refractivity contribution is 7.18. The minimum Gasteiger partial charge on any atom is -0.334 e. The van der Waals surface area contributed by atoms with Crippen molar-refractivity contribution in [3.05, 3.63) is 58.5 Å². The van der Waals surface area contributed by atoms with E-state index in [0.29, 0.717) is 37.5 Å². The number of aromatic nitrogens is 4. The van der Waals surface area contributed by atoms with Crippen LogP contribution >= 0.6 is 34.5 Å². The molecule has 32 heavy (non-hydrogen) atoms. The van der Waals surface area contributed by atoms with E-state index < -0.39 is 11.9 Å². The maximum atomic E-state index is 13.1. The van der Waals surface area contributed by atoms with Crippen LogP contribution in [0.15, 0.2) is 42.7 Å². The summed E-state index contributed by atoms with van der Waals surface area (Å²) < 4.78 is 39.3. The van der Waals surface area contributed by atoms with Crippen molar-refractivity contribution in [2.75, 3.05) is 5.32 Å². The van der Waals surface area contributed by atoms with Crippen LogP contribution in [0.3, 0.4) is 0 Å². The molecule has 0 unspecified atom stereocenters. The van der Waals surface area contributed by atoms with E-state index in [4.69, 9.17) is 23.2 Å². The van der Waals surface area contributed by atoms with Gasteiger partial charge >= 0.3 is 6.18 Å². The number of carbonyl (C=O) groups is 1. The van der Waals surface area contributed by atoms with Crippen molar-refractivity contribution in [2.45, 2.75) is 13.1 Å². The number of imidazole rings is 1. The lowest BCUT2D eigenvalue weighted by atomic mass is 10.1. The average molecular weight is 498 g/mol. The van der Waals surface area contributed by atoms with Crippen LogP contribution in [0.5, 0.6) is 0 Å². The number of anilines is 1. The van der Waals surface area contributed by atoms with Crippen molar-refractivity contribution in [3.63, 3.8) is 0 Å². The zero-order valence-electron chi connectivity index (χ0n) is 16.1. The van der Waals surface area contributed by atoms with Gasteiger partial charge in [0, 0.05) is 29.3 Å². The number of carbonyl (C=O) groups excluding carboxylic acids is 1. The van der Waals surface area contributed by atoms with Gasteiger partial charge in [-0.15, -0.1) is 11.3 Å². The fourth-order valence-electron chi connectivity index (χ4n) is 2.86. The molecule has 1 aromatic carbocycles. The fourth-order valence-corrected chi connectivity index (χ4v) is 4.39. The van der Waals surface area contributed by atoms with Crippen LogP contribution in [0.25, 0.3) is 32.5 Å². The molecule has 164 valence electrons. The van der Waals surface area contributed by atoms with Gasteiger partial charge in [-0.1, -0.05) is 23.2 Å². The van der Waals surface area contributed by atoms with Gasteiger partial charge in [-0.3, -0.25) is 4.79 Å². The Morgan fingerprint density at radius 3 is 2.59 bits per heavy atom. The number of amides is 1. The topological polar surface area (TPSA) is 83.6 Å². The number of rotatable bonds is 4. The van der Waals surface area contributed by atoms with Crippen molar-refractivity contribution >= 4 is 46.3 Å². The third-order valence-electron chi connectivity index (χ3n) is 4.22. The maximum Gasteiger partial charge on any atom is 0.432 e. The number of nitrogens with one attached hydrogen (secondary N) is 2. The summed E-state index contributed by atoms with van der Waals surface area (Å²) in [4.78, 5) is 26.6. The highest BCUT2D eigenvalue weighted by Crippen LogP contribution is 2.43. The van der Waals surface area contributed by atoms with Crippen LogP contribution in [0.1, 0.15) is 12.6 Å². The first-order valence-electron chi connectivity index (χ1n) is 8.94. The lowest BCUT2D eigenvalue weighted by Gasteiger charge is -2.04. The second kappa shape index (κ2) is 8.53. The van der Waals surface area contributed by atoms with Crippen LogP contribution in [0.2, 0.25) is 10.0 Å². The molecule has 0 spiro atoms. The van der Waals surface area contributed by atoms with Gasteiger partial charge in [0.1, 0.15) is 22.3 Å². The molecule has 1 amide bonds. The average Bonchev–Trinajstić information content (AvgIpc) is 3.35. The van der Waals surface area contributed by atoms with E-state index >= 15 is 0 Å². The number of hydrogen-bond donors (Lipinski definition) is 2. The van der Waals surface area contributed by atoms with E-state index in [1.54, 1.807) is 24.3 Å². The molecule has 0 saturated heterocycles. The molecule has 0 aliphatic rings. The van der Waals surface area contributed by atoms with Gasteiger partial charge in [0.15, 0.2) is 0 Å². The molecule has 0 bridgehead atoms. The molecule has 0 atom stereocenters. The van der Waals surface area contributed by atoms with E-state index in [9.17, 15) is 18.0 Å². The molecule has 4 rings (SSSR count). The third-order valence-corrected chi connectivity index (χ3v) is 5.88. The van der Waals surface area contributed by atoms with E-state index in [2.05, 4.69) is 25.3 Å². The number of halogens is 5. The van der Waals surface area contributed by atoms with E-state index in [1.807, 2.05) is 0 Å². The van der Waals surface area contributed by atoms with Gasteiger partial charge in [0.05, 0.1) is 21.8 Å². The maximum absolute atomic E-state index is 13.1. The van der Waals surface area contributed by atoms with Gasteiger partial charge in [0.25, 0.3) is 0 Å². The normalized spacial score (nSPS) is 11.6. The molecule has 0 radical (unpaired) electrons. The van der Waals surface area contributed by atoms with Gasteiger partial charge in [-0.05, 0) is 30.3 Å². The minimum atomic E-state index is -4.57. The first-order valence-corrected chi connectivity index (χ1v) is 10.5. The number of thiazole rings is 1. The molecule has 2 N–H and O–H groups in total. The molecule has 0 aliphatic heterocycles. The van der Waals surface area contributed by atoms with E-state index in [-0.39, 0.29) is 16.8 Å². The summed E-state index contributed by atoms with van der Waals surface area (Å²) in [5.41, 5.74) is 0.448. The number of H-pyrrole nitrogens is 1. The predicted octanol–water partition coefficient (Wildman–Crippen LogP) is 6.55. The smallest absolute Gasteiger partial charge is 0.334 e. The van der Waals surface area contributed by atoms with E-state index in [0.717, 1.165) is 17.5 Å². The van der Waals surface area contributed by atoms with Crippen molar-refractivity contribution in [2.24, 2.45) is 0 Å². The molecule has 3 heterocycles. The number of aromatic amines is 1. The second-order valence-corrected chi connectivity index (χ2v) is 8.42. The molecular formula is C20H12Cl2F3N5OS. The van der Waals surface area contributed by atoms with Crippen LogP contribution in [0, 0.1) is 0 Å². The number of benzene rings is 1. The SMILES string of the molecule is CC(=O)Nc1cc(-c2nc(-c3ccc(Cl)cc3Cl)c(-c3ncc(C(F)(F)F)[nH]3)s2)ccn1. The lowest BCUT2D eigenvalue weighted by Crippen LogP contribution is -2.07. The van der Waals surface area contributed by atoms with E-state index in [1.165, 1.54) is 19.2 Å². The first-order chi connectivity index (χ1) is 15.1. The fraction of sp³-hybridized carbons (Fsp3) is 0.100. The number of hydrogen-bond acceptors (Lipinski definition) is 5. The molecule has 6 nitrogen and oxygen atoms in total. The molecular weight excluding hydrogens is 486 g/mol. The number of pyridine rings is 1. The Morgan fingerprint density at radius 2 is 1.94 bits per heavy atom. The Balaban J connectivity index is 1.88. The zero-order chi connectivity index (χ0) is 23.0. The number of alkyl halides is 3. The Kier molecular flexibility index (Phi) is 5.93. The molecule has 3 aromatic heterocycles. The van der Waals surface area contributed by atoms with Crippen LogP contribution in [0.4, 0.5) is 19.0 Å². The summed E-state index contributed by atoms with van der Waals surface area (Å²) >= 11 is 13.5. The van der Waals surface area contributed by atoms with Crippen LogP contribution in [-0.2, 0) is 11.0 Å². The highest BCUT2D eigenvalue weighted by Gasteiger charge is 2.34. The van der Waals surface area contributed by atoms with Gasteiger partial charge < -0.3 is 10.3 Å². The standard InChI is InChI=1S/C20H12Cl2F3N5OS/c1-9(31)28-15-6-10(4-5-26-15)19-30-16(12-3-2-11(21)7-13(12)22)17(32-19)18-27-8-14(29-18)20(23,24)25/h2-8H,1H3,(H,27,29)(H,26,28,31). The summed E-state index contributed by atoms with van der Waals surface area (Å²) in [6, 6.07) is 8.04. The predicted molar refractivity (Wildman–Crippen MR) is 118 cm³/mol. The van der Waals surface area contributed by atoms with Crippen molar-refractivity contribution < 1.29 is 18.0 Å². The van der Waals surface area contributed by atoms with Crippen molar-refractivity contribution in [1.29, 1.82) is 0 Å². The second-order valence-electron chi connectivity index (χ2n) is 6.58.